The number of aryl methyl sites for hydroxylation is 1. The molecule has 1 aliphatic heterocycles. The van der Waals surface area contributed by atoms with Gasteiger partial charge >= 0.3 is 0 Å². The van der Waals surface area contributed by atoms with Crippen molar-refractivity contribution in [2.45, 2.75) is 40.0 Å². The van der Waals surface area contributed by atoms with Crippen LogP contribution in [0.2, 0.25) is 0 Å². The van der Waals surface area contributed by atoms with Crippen LogP contribution in [-0.2, 0) is 0 Å². The van der Waals surface area contributed by atoms with Crippen LogP contribution in [0.3, 0.4) is 0 Å². The Hall–Kier alpha value is -1.51. The third kappa shape index (κ3) is 2.60. The maximum absolute atomic E-state index is 7.54. The van der Waals surface area contributed by atoms with E-state index in [0.29, 0.717) is 5.41 Å². The van der Waals surface area contributed by atoms with Crippen LogP contribution in [0.4, 0.5) is 5.69 Å². The Morgan fingerprint density at radius 3 is 2.53 bits per heavy atom. The number of nitrogens with one attached hydrogen (secondary N) is 1. The second kappa shape index (κ2) is 5.24. The van der Waals surface area contributed by atoms with Crippen LogP contribution in [0, 0.1) is 17.7 Å². The van der Waals surface area contributed by atoms with Gasteiger partial charge in [0.15, 0.2) is 0 Å². The van der Waals surface area contributed by atoms with Gasteiger partial charge in [-0.25, -0.2) is 0 Å². The largest absolute Gasteiger partial charge is 0.384 e. The fourth-order valence-corrected chi connectivity index (χ4v) is 3.13. The Balaban J connectivity index is 2.21. The lowest BCUT2D eigenvalue weighted by Crippen LogP contribution is -2.26. The zero-order valence-electron chi connectivity index (χ0n) is 12.3. The molecule has 0 saturated carbocycles. The van der Waals surface area contributed by atoms with E-state index in [-0.39, 0.29) is 5.84 Å². The summed E-state index contributed by atoms with van der Waals surface area (Å²) < 4.78 is 0. The van der Waals surface area contributed by atoms with E-state index in [9.17, 15) is 0 Å². The van der Waals surface area contributed by atoms with Gasteiger partial charge in [0.25, 0.3) is 0 Å². The monoisotopic (exact) mass is 259 g/mol. The van der Waals surface area contributed by atoms with Gasteiger partial charge in [0.2, 0.25) is 0 Å². The third-order valence-electron chi connectivity index (χ3n) is 4.80. The summed E-state index contributed by atoms with van der Waals surface area (Å²) in [7, 11) is 0. The molecule has 0 unspecified atom stereocenters. The van der Waals surface area contributed by atoms with Gasteiger partial charge in [-0.05, 0) is 55.4 Å². The normalized spacial score (nSPS) is 17.7. The molecule has 1 aliphatic rings. The van der Waals surface area contributed by atoms with Crippen LogP contribution >= 0.6 is 0 Å². The maximum Gasteiger partial charge on any atom is 0.123 e. The number of hydrogen-bond donors (Lipinski definition) is 2. The van der Waals surface area contributed by atoms with Crippen LogP contribution in [-0.4, -0.2) is 18.9 Å². The Morgan fingerprint density at radius 1 is 1.37 bits per heavy atom. The molecule has 0 radical (unpaired) electrons. The lowest BCUT2D eigenvalue weighted by molar-refractivity contribution is 0.301. The Morgan fingerprint density at radius 2 is 2.05 bits per heavy atom. The molecular formula is C16H25N3. The smallest absolute Gasteiger partial charge is 0.123 e. The lowest BCUT2D eigenvalue weighted by atomic mass is 9.82. The SMILES string of the molecule is CCC1(CC)CCN(c2ccc(C(=N)N)c(C)c2)C1. The molecule has 3 N–H and O–H groups in total. The highest BCUT2D eigenvalue weighted by molar-refractivity contribution is 5.96. The molecule has 19 heavy (non-hydrogen) atoms. The van der Waals surface area contributed by atoms with Crippen molar-refractivity contribution in [3.05, 3.63) is 29.3 Å². The van der Waals surface area contributed by atoms with Gasteiger partial charge < -0.3 is 10.6 Å². The zero-order chi connectivity index (χ0) is 14.0. The molecule has 0 aliphatic carbocycles. The van der Waals surface area contributed by atoms with Gasteiger partial charge in [0, 0.05) is 24.3 Å². The minimum absolute atomic E-state index is 0.155. The van der Waals surface area contributed by atoms with Crippen molar-refractivity contribution < 1.29 is 0 Å². The van der Waals surface area contributed by atoms with E-state index < -0.39 is 0 Å². The zero-order valence-corrected chi connectivity index (χ0v) is 12.3. The molecule has 1 aromatic carbocycles. The van der Waals surface area contributed by atoms with Crippen LogP contribution in [0.1, 0.15) is 44.2 Å². The van der Waals surface area contributed by atoms with Crippen molar-refractivity contribution in [3.63, 3.8) is 0 Å². The van der Waals surface area contributed by atoms with Crippen LogP contribution < -0.4 is 10.6 Å². The van der Waals surface area contributed by atoms with Gasteiger partial charge in [0.1, 0.15) is 5.84 Å². The highest BCUT2D eigenvalue weighted by Gasteiger charge is 2.34. The predicted octanol–water partition coefficient (Wildman–Crippen LogP) is 3.30. The number of nitrogens with zero attached hydrogens (tertiary/aromatic N) is 1. The summed E-state index contributed by atoms with van der Waals surface area (Å²) in [5, 5.41) is 7.54. The molecule has 104 valence electrons. The van der Waals surface area contributed by atoms with E-state index in [1.165, 1.54) is 24.9 Å². The predicted molar refractivity (Wildman–Crippen MR) is 82.0 cm³/mol. The van der Waals surface area contributed by atoms with Crippen molar-refractivity contribution in [2.75, 3.05) is 18.0 Å². The van der Waals surface area contributed by atoms with Gasteiger partial charge in [0.05, 0.1) is 0 Å². The molecule has 2 rings (SSSR count). The van der Waals surface area contributed by atoms with E-state index in [2.05, 4.69) is 30.9 Å². The molecule has 0 atom stereocenters. The van der Waals surface area contributed by atoms with Crippen LogP contribution in [0.5, 0.6) is 0 Å². The summed E-state index contributed by atoms with van der Waals surface area (Å²) in [5.74, 6) is 0.155. The topological polar surface area (TPSA) is 53.1 Å². The molecule has 0 bridgehead atoms. The summed E-state index contributed by atoms with van der Waals surface area (Å²) >= 11 is 0. The summed E-state index contributed by atoms with van der Waals surface area (Å²) in [6.45, 7) is 8.93. The molecule has 1 aromatic rings. The summed E-state index contributed by atoms with van der Waals surface area (Å²) in [6.07, 6.45) is 3.79. The molecule has 0 spiro atoms. The van der Waals surface area contributed by atoms with Gasteiger partial charge in [-0.2, -0.15) is 0 Å². The Labute approximate surface area is 116 Å². The average molecular weight is 259 g/mol. The van der Waals surface area contributed by atoms with E-state index in [1.807, 2.05) is 13.0 Å². The maximum atomic E-state index is 7.54. The Bertz CT molecular complexity index is 475. The van der Waals surface area contributed by atoms with Crippen molar-refractivity contribution in [1.29, 1.82) is 5.41 Å². The number of benzene rings is 1. The lowest BCUT2D eigenvalue weighted by Gasteiger charge is -2.27. The Kier molecular flexibility index (Phi) is 3.83. The summed E-state index contributed by atoms with van der Waals surface area (Å²) in [6, 6.07) is 6.24. The fraction of sp³-hybridized carbons (Fsp3) is 0.562. The van der Waals surface area contributed by atoms with Crippen molar-refractivity contribution in [1.82, 2.24) is 0 Å². The highest BCUT2D eigenvalue weighted by atomic mass is 15.2. The first-order chi connectivity index (χ1) is 9.01. The van der Waals surface area contributed by atoms with Gasteiger partial charge in [-0.15, -0.1) is 0 Å². The number of rotatable bonds is 4. The van der Waals surface area contributed by atoms with Crippen molar-refractivity contribution in [2.24, 2.45) is 11.1 Å². The standard InChI is InChI=1S/C16H25N3/c1-4-16(5-2)8-9-19(11-16)13-6-7-14(15(17)18)12(3)10-13/h6-7,10H,4-5,8-9,11H2,1-3H3,(H3,17,18). The third-order valence-corrected chi connectivity index (χ3v) is 4.80. The molecule has 1 heterocycles. The fourth-order valence-electron chi connectivity index (χ4n) is 3.13. The molecular weight excluding hydrogens is 234 g/mol. The first-order valence-electron chi connectivity index (χ1n) is 7.21. The molecule has 3 heteroatoms. The van der Waals surface area contributed by atoms with Gasteiger partial charge in [-0.3, -0.25) is 5.41 Å². The quantitative estimate of drug-likeness (QED) is 0.644. The number of hydrogen-bond acceptors (Lipinski definition) is 2. The minimum atomic E-state index is 0.155. The van der Waals surface area contributed by atoms with E-state index in [1.54, 1.807) is 0 Å². The van der Waals surface area contributed by atoms with Crippen molar-refractivity contribution >= 4 is 11.5 Å². The second-order valence-electron chi connectivity index (χ2n) is 5.79. The van der Waals surface area contributed by atoms with E-state index >= 15 is 0 Å². The number of nitrogens with two attached hydrogens (primary N) is 1. The molecule has 3 nitrogen and oxygen atoms in total. The molecule has 0 aromatic heterocycles. The number of nitrogen functional groups attached to an aromatic ring is 1. The van der Waals surface area contributed by atoms with E-state index in [4.69, 9.17) is 11.1 Å². The highest BCUT2D eigenvalue weighted by Crippen LogP contribution is 2.39. The minimum Gasteiger partial charge on any atom is -0.384 e. The summed E-state index contributed by atoms with van der Waals surface area (Å²) in [4.78, 5) is 2.48. The van der Waals surface area contributed by atoms with Crippen molar-refractivity contribution in [3.8, 4) is 0 Å². The first-order valence-corrected chi connectivity index (χ1v) is 7.21. The van der Waals surface area contributed by atoms with E-state index in [0.717, 1.165) is 24.2 Å². The van der Waals surface area contributed by atoms with Crippen LogP contribution in [0.15, 0.2) is 18.2 Å². The number of anilines is 1. The molecule has 1 fully saturated rings. The second-order valence-corrected chi connectivity index (χ2v) is 5.79. The van der Waals surface area contributed by atoms with Crippen LogP contribution in [0.25, 0.3) is 0 Å². The summed E-state index contributed by atoms with van der Waals surface area (Å²) in [5.41, 5.74) is 9.28. The average Bonchev–Trinajstić information content (AvgIpc) is 2.83. The van der Waals surface area contributed by atoms with Gasteiger partial charge in [-0.1, -0.05) is 13.8 Å². The molecule has 1 saturated heterocycles. The first kappa shape index (κ1) is 13.9. The molecule has 0 amide bonds. The number of amidine groups is 1.